The second-order valence-corrected chi connectivity index (χ2v) is 4.91. The summed E-state index contributed by atoms with van der Waals surface area (Å²) in [6.07, 6.45) is 3.76. The highest BCUT2D eigenvalue weighted by atomic mass is 16.4. The van der Waals surface area contributed by atoms with Crippen molar-refractivity contribution in [2.24, 2.45) is 17.8 Å². The molecule has 0 bridgehead atoms. The van der Waals surface area contributed by atoms with Crippen LogP contribution in [0.5, 0.6) is 0 Å². The van der Waals surface area contributed by atoms with Crippen molar-refractivity contribution in [1.29, 1.82) is 0 Å². The van der Waals surface area contributed by atoms with Crippen LogP contribution in [-0.2, 0) is 9.59 Å². The lowest BCUT2D eigenvalue weighted by atomic mass is 10.1. The number of nitrogens with one attached hydrogen (secondary N) is 1. The van der Waals surface area contributed by atoms with Gasteiger partial charge in [-0.2, -0.15) is 0 Å². The molecule has 0 aliphatic heterocycles. The molecule has 2 N–H and O–H groups in total. The van der Waals surface area contributed by atoms with E-state index in [1.54, 1.807) is 0 Å². The minimum absolute atomic E-state index is 0.0542. The summed E-state index contributed by atoms with van der Waals surface area (Å²) in [6, 6.07) is 0.280. The van der Waals surface area contributed by atoms with Crippen molar-refractivity contribution < 1.29 is 14.7 Å². The summed E-state index contributed by atoms with van der Waals surface area (Å²) in [5.74, 6) is -0.900. The third kappa shape index (κ3) is 2.30. The molecule has 2 rings (SSSR count). The van der Waals surface area contributed by atoms with Crippen LogP contribution >= 0.6 is 0 Å². The third-order valence-electron chi connectivity index (χ3n) is 3.49. The van der Waals surface area contributed by atoms with Crippen molar-refractivity contribution in [3.05, 3.63) is 0 Å². The number of carboxylic acids is 1. The van der Waals surface area contributed by atoms with E-state index in [0.29, 0.717) is 12.3 Å². The normalized spacial score (nSPS) is 38.7. The number of carboxylic acid groups (broad SMARTS) is 1. The van der Waals surface area contributed by atoms with Gasteiger partial charge in [-0.05, 0) is 31.6 Å². The number of amides is 1. The molecule has 2 aliphatic carbocycles. The maximum Gasteiger partial charge on any atom is 0.307 e. The van der Waals surface area contributed by atoms with Crippen molar-refractivity contribution in [2.75, 3.05) is 0 Å². The minimum Gasteiger partial charge on any atom is -0.481 e. The first kappa shape index (κ1) is 10.5. The first-order valence-electron chi connectivity index (χ1n) is 5.61. The lowest BCUT2D eigenvalue weighted by Crippen LogP contribution is -2.34. The molecular formula is C11H17NO3. The first-order chi connectivity index (χ1) is 7.08. The standard InChI is InChI=1S/C11H17NO3/c1-6-2-3-7(4-6)12-10(13)8-5-9(8)11(14)15/h6-9H,2-5H2,1H3,(H,12,13)(H,14,15)/t6?,7?,8-,9+/m1/s1. The zero-order valence-electron chi connectivity index (χ0n) is 8.90. The Morgan fingerprint density at radius 2 is 1.93 bits per heavy atom. The van der Waals surface area contributed by atoms with Crippen LogP contribution in [0.1, 0.15) is 32.6 Å². The van der Waals surface area contributed by atoms with Crippen LogP contribution in [0.4, 0.5) is 0 Å². The van der Waals surface area contributed by atoms with Gasteiger partial charge in [-0.25, -0.2) is 0 Å². The molecule has 84 valence electrons. The molecule has 0 heterocycles. The fraction of sp³-hybridized carbons (Fsp3) is 0.818. The number of hydrogen-bond acceptors (Lipinski definition) is 2. The van der Waals surface area contributed by atoms with Crippen LogP contribution in [0.2, 0.25) is 0 Å². The van der Waals surface area contributed by atoms with Crippen LogP contribution in [0.15, 0.2) is 0 Å². The maximum absolute atomic E-state index is 11.6. The molecule has 0 spiro atoms. The monoisotopic (exact) mass is 211 g/mol. The van der Waals surface area contributed by atoms with E-state index < -0.39 is 11.9 Å². The Balaban J connectivity index is 1.77. The Morgan fingerprint density at radius 1 is 1.20 bits per heavy atom. The Kier molecular flexibility index (Phi) is 2.67. The number of carbonyl (C=O) groups is 2. The van der Waals surface area contributed by atoms with E-state index in [-0.39, 0.29) is 17.9 Å². The van der Waals surface area contributed by atoms with E-state index in [0.717, 1.165) is 19.3 Å². The van der Waals surface area contributed by atoms with E-state index in [9.17, 15) is 9.59 Å². The van der Waals surface area contributed by atoms with E-state index in [2.05, 4.69) is 12.2 Å². The Labute approximate surface area is 89.0 Å². The predicted molar refractivity (Wildman–Crippen MR) is 54.2 cm³/mol. The molecule has 4 heteroatoms. The van der Waals surface area contributed by atoms with E-state index in [1.807, 2.05) is 0 Å². The Hall–Kier alpha value is -1.06. The molecule has 1 amide bonds. The van der Waals surface area contributed by atoms with E-state index in [1.165, 1.54) is 0 Å². The first-order valence-corrected chi connectivity index (χ1v) is 5.61. The van der Waals surface area contributed by atoms with Crippen molar-refractivity contribution in [3.63, 3.8) is 0 Å². The highest BCUT2D eigenvalue weighted by molar-refractivity contribution is 5.89. The smallest absolute Gasteiger partial charge is 0.307 e. The fourth-order valence-corrected chi connectivity index (χ4v) is 2.40. The van der Waals surface area contributed by atoms with Crippen LogP contribution in [0, 0.1) is 17.8 Å². The fourth-order valence-electron chi connectivity index (χ4n) is 2.40. The van der Waals surface area contributed by atoms with Gasteiger partial charge in [0.2, 0.25) is 5.91 Å². The van der Waals surface area contributed by atoms with Gasteiger partial charge in [-0.3, -0.25) is 9.59 Å². The van der Waals surface area contributed by atoms with Crippen LogP contribution in [0.3, 0.4) is 0 Å². The predicted octanol–water partition coefficient (Wildman–Crippen LogP) is 1.01. The molecule has 0 aromatic carbocycles. The summed E-state index contributed by atoms with van der Waals surface area (Å²) >= 11 is 0. The molecule has 0 radical (unpaired) electrons. The number of rotatable bonds is 3. The van der Waals surface area contributed by atoms with Gasteiger partial charge < -0.3 is 10.4 Å². The van der Waals surface area contributed by atoms with Gasteiger partial charge in [-0.15, -0.1) is 0 Å². The molecule has 4 nitrogen and oxygen atoms in total. The van der Waals surface area contributed by atoms with Gasteiger partial charge in [-0.1, -0.05) is 6.92 Å². The average Bonchev–Trinajstić information content (AvgIpc) is 2.86. The summed E-state index contributed by atoms with van der Waals surface area (Å²) in [5.41, 5.74) is 0. The summed E-state index contributed by atoms with van der Waals surface area (Å²) in [7, 11) is 0. The van der Waals surface area contributed by atoms with Gasteiger partial charge in [0.15, 0.2) is 0 Å². The summed E-state index contributed by atoms with van der Waals surface area (Å²) in [6.45, 7) is 2.18. The van der Waals surface area contributed by atoms with Crippen molar-refractivity contribution in [3.8, 4) is 0 Å². The molecular weight excluding hydrogens is 194 g/mol. The van der Waals surface area contributed by atoms with Gasteiger partial charge in [0, 0.05) is 6.04 Å². The minimum atomic E-state index is -0.838. The van der Waals surface area contributed by atoms with Gasteiger partial charge in [0.05, 0.1) is 11.8 Å². The van der Waals surface area contributed by atoms with Crippen LogP contribution < -0.4 is 5.32 Å². The summed E-state index contributed by atoms with van der Waals surface area (Å²) in [4.78, 5) is 22.2. The third-order valence-corrected chi connectivity index (χ3v) is 3.49. The zero-order valence-corrected chi connectivity index (χ0v) is 8.90. The lowest BCUT2D eigenvalue weighted by molar-refractivity contribution is -0.140. The quantitative estimate of drug-likeness (QED) is 0.732. The highest BCUT2D eigenvalue weighted by Gasteiger charge is 2.48. The summed E-state index contributed by atoms with van der Waals surface area (Å²) < 4.78 is 0. The molecule has 0 aromatic heterocycles. The molecule has 4 atom stereocenters. The number of aliphatic carboxylic acids is 1. The van der Waals surface area contributed by atoms with Crippen LogP contribution in [-0.4, -0.2) is 23.0 Å². The largest absolute Gasteiger partial charge is 0.481 e. The average molecular weight is 211 g/mol. The topological polar surface area (TPSA) is 66.4 Å². The van der Waals surface area contributed by atoms with Gasteiger partial charge in [0.1, 0.15) is 0 Å². The van der Waals surface area contributed by atoms with E-state index >= 15 is 0 Å². The van der Waals surface area contributed by atoms with Gasteiger partial charge >= 0.3 is 5.97 Å². The molecule has 2 fully saturated rings. The second kappa shape index (κ2) is 3.83. The maximum atomic E-state index is 11.6. The molecule has 0 aromatic rings. The highest BCUT2D eigenvalue weighted by Crippen LogP contribution is 2.39. The number of carbonyl (C=O) groups excluding carboxylic acids is 1. The summed E-state index contributed by atoms with van der Waals surface area (Å²) in [5, 5.41) is 11.6. The molecule has 2 unspecified atom stereocenters. The molecule has 15 heavy (non-hydrogen) atoms. The second-order valence-electron chi connectivity index (χ2n) is 4.91. The lowest BCUT2D eigenvalue weighted by Gasteiger charge is -2.11. The Bertz CT molecular complexity index is 290. The zero-order chi connectivity index (χ0) is 11.0. The van der Waals surface area contributed by atoms with Crippen molar-refractivity contribution >= 4 is 11.9 Å². The van der Waals surface area contributed by atoms with Gasteiger partial charge in [0.25, 0.3) is 0 Å². The Morgan fingerprint density at radius 3 is 2.40 bits per heavy atom. The van der Waals surface area contributed by atoms with E-state index in [4.69, 9.17) is 5.11 Å². The van der Waals surface area contributed by atoms with Crippen molar-refractivity contribution in [2.45, 2.75) is 38.6 Å². The SMILES string of the molecule is CC1CCC(NC(=O)[C@@H]2C[C@@H]2C(=O)O)C1. The molecule has 0 saturated heterocycles. The van der Waals surface area contributed by atoms with Crippen molar-refractivity contribution in [1.82, 2.24) is 5.32 Å². The molecule has 2 aliphatic rings. The van der Waals surface area contributed by atoms with Crippen LogP contribution in [0.25, 0.3) is 0 Å². The molecule has 2 saturated carbocycles. The number of hydrogen-bond donors (Lipinski definition) is 2.